The first kappa shape index (κ1) is 21.0. The van der Waals surface area contributed by atoms with Crippen molar-refractivity contribution in [3.05, 3.63) is 0 Å². The van der Waals surface area contributed by atoms with E-state index in [9.17, 15) is 4.79 Å². The van der Waals surface area contributed by atoms with E-state index in [0.29, 0.717) is 0 Å². The van der Waals surface area contributed by atoms with Crippen molar-refractivity contribution in [3.8, 4) is 0 Å². The van der Waals surface area contributed by atoms with Gasteiger partial charge in [0, 0.05) is 54.6 Å². The van der Waals surface area contributed by atoms with E-state index in [2.05, 4.69) is 51.8 Å². The molecule has 0 saturated carbocycles. The maximum Gasteiger partial charge on any atom is 0.410 e. The summed E-state index contributed by atoms with van der Waals surface area (Å²) in [5, 5.41) is 0. The molecule has 1 aliphatic heterocycles. The van der Waals surface area contributed by atoms with Gasteiger partial charge in [-0.2, -0.15) is 0 Å². The number of rotatable bonds is 8. The SMILES string of the molecule is CC(C)OC(=O)N1C(C)CN(CCCCCCN(C)I)CC1C. The van der Waals surface area contributed by atoms with Gasteiger partial charge in [0.2, 0.25) is 0 Å². The Labute approximate surface area is 156 Å². The van der Waals surface area contributed by atoms with Crippen LogP contribution in [0.15, 0.2) is 0 Å². The number of nitrogens with zero attached hydrogens (tertiary/aromatic N) is 3. The van der Waals surface area contributed by atoms with Gasteiger partial charge in [0.15, 0.2) is 0 Å². The van der Waals surface area contributed by atoms with E-state index in [-0.39, 0.29) is 24.3 Å². The number of halogens is 1. The summed E-state index contributed by atoms with van der Waals surface area (Å²) < 4.78 is 7.59. The molecule has 136 valence electrons. The highest BCUT2D eigenvalue weighted by Gasteiger charge is 2.33. The van der Waals surface area contributed by atoms with Crippen LogP contribution in [0.5, 0.6) is 0 Å². The molecule has 0 aromatic rings. The molecule has 1 rings (SSSR count). The Bertz CT molecular complexity index is 341. The van der Waals surface area contributed by atoms with Gasteiger partial charge in [-0.1, -0.05) is 12.8 Å². The predicted molar refractivity (Wildman–Crippen MR) is 104 cm³/mol. The quantitative estimate of drug-likeness (QED) is 0.328. The van der Waals surface area contributed by atoms with Crippen molar-refractivity contribution in [1.29, 1.82) is 0 Å². The summed E-state index contributed by atoms with van der Waals surface area (Å²) in [4.78, 5) is 16.6. The largest absolute Gasteiger partial charge is 0.447 e. The lowest BCUT2D eigenvalue weighted by Gasteiger charge is -2.44. The average Bonchev–Trinajstić information content (AvgIpc) is 2.40. The van der Waals surface area contributed by atoms with Gasteiger partial charge in [-0.05, 0) is 54.1 Å². The second-order valence-corrected chi connectivity index (χ2v) is 8.69. The molecule has 0 bridgehead atoms. The first-order chi connectivity index (χ1) is 10.8. The number of ether oxygens (including phenoxy) is 1. The van der Waals surface area contributed by atoms with Gasteiger partial charge in [-0.3, -0.25) is 8.01 Å². The van der Waals surface area contributed by atoms with Crippen LogP contribution in [0.3, 0.4) is 0 Å². The predicted octanol–water partition coefficient (Wildman–Crippen LogP) is 3.77. The van der Waals surface area contributed by atoms with E-state index in [1.165, 1.54) is 32.2 Å². The van der Waals surface area contributed by atoms with Crippen LogP contribution < -0.4 is 0 Å². The average molecular weight is 439 g/mol. The molecule has 5 nitrogen and oxygen atoms in total. The Morgan fingerprint density at radius 3 is 2.26 bits per heavy atom. The first-order valence-corrected chi connectivity index (χ1v) is 9.86. The summed E-state index contributed by atoms with van der Waals surface area (Å²) in [6.07, 6.45) is 4.91. The molecule has 0 spiro atoms. The Balaban J connectivity index is 2.28. The Hall–Kier alpha value is -0.0800. The Morgan fingerprint density at radius 2 is 1.74 bits per heavy atom. The number of hydrogen-bond acceptors (Lipinski definition) is 4. The molecule has 0 aromatic heterocycles. The third kappa shape index (κ3) is 8.03. The van der Waals surface area contributed by atoms with Crippen LogP contribution in [0.2, 0.25) is 0 Å². The fraction of sp³-hybridized carbons (Fsp3) is 0.941. The molecule has 0 N–H and O–H groups in total. The third-order valence-corrected chi connectivity index (χ3v) is 4.71. The van der Waals surface area contributed by atoms with Crippen LogP contribution in [0, 0.1) is 0 Å². The van der Waals surface area contributed by atoms with E-state index in [4.69, 9.17) is 4.74 Å². The number of amides is 1. The number of hydrogen-bond donors (Lipinski definition) is 0. The maximum atomic E-state index is 12.2. The normalized spacial score (nSPS) is 22.9. The van der Waals surface area contributed by atoms with Crippen LogP contribution in [0.4, 0.5) is 4.79 Å². The van der Waals surface area contributed by atoms with Gasteiger partial charge in [-0.15, -0.1) is 0 Å². The van der Waals surface area contributed by atoms with Gasteiger partial charge < -0.3 is 9.64 Å². The molecule has 2 unspecified atom stereocenters. The highest BCUT2D eigenvalue weighted by molar-refractivity contribution is 14.1. The summed E-state index contributed by atoms with van der Waals surface area (Å²) in [5.41, 5.74) is 0. The number of carbonyl (C=O) groups excluding carboxylic acids is 1. The van der Waals surface area contributed by atoms with Crippen molar-refractivity contribution in [3.63, 3.8) is 0 Å². The maximum absolute atomic E-state index is 12.2. The highest BCUT2D eigenvalue weighted by atomic mass is 127. The van der Waals surface area contributed by atoms with Gasteiger partial charge in [-0.25, -0.2) is 4.79 Å². The van der Waals surface area contributed by atoms with Crippen molar-refractivity contribution in [2.75, 3.05) is 33.2 Å². The van der Waals surface area contributed by atoms with Crippen molar-refractivity contribution < 1.29 is 9.53 Å². The molecule has 1 amide bonds. The topological polar surface area (TPSA) is 36.0 Å². The van der Waals surface area contributed by atoms with Gasteiger partial charge >= 0.3 is 6.09 Å². The number of piperazine rings is 1. The number of unbranched alkanes of at least 4 members (excludes halogenated alkanes) is 3. The molecule has 0 aliphatic carbocycles. The minimum atomic E-state index is -0.164. The fourth-order valence-electron chi connectivity index (χ4n) is 3.26. The fourth-order valence-corrected chi connectivity index (χ4v) is 3.60. The Kier molecular flexibility index (Phi) is 9.77. The lowest BCUT2D eigenvalue weighted by molar-refractivity contribution is 0.0123. The third-order valence-electron chi connectivity index (χ3n) is 4.23. The van der Waals surface area contributed by atoms with Crippen LogP contribution in [-0.4, -0.2) is 70.4 Å². The summed E-state index contributed by atoms with van der Waals surface area (Å²) in [5.74, 6) is 0. The van der Waals surface area contributed by atoms with E-state index in [1.54, 1.807) is 0 Å². The zero-order valence-corrected chi connectivity index (χ0v) is 17.6. The molecule has 2 atom stereocenters. The molecule has 1 fully saturated rings. The molecular formula is C17H34IN3O2. The lowest BCUT2D eigenvalue weighted by atomic mass is 10.1. The lowest BCUT2D eigenvalue weighted by Crippen LogP contribution is -2.59. The highest BCUT2D eigenvalue weighted by Crippen LogP contribution is 2.18. The monoisotopic (exact) mass is 439 g/mol. The van der Waals surface area contributed by atoms with Gasteiger partial charge in [0.1, 0.15) is 0 Å². The number of carbonyl (C=O) groups is 1. The Morgan fingerprint density at radius 1 is 1.17 bits per heavy atom. The van der Waals surface area contributed by atoms with Crippen molar-refractivity contribution in [1.82, 2.24) is 12.9 Å². The van der Waals surface area contributed by atoms with Gasteiger partial charge in [0.05, 0.1) is 6.10 Å². The van der Waals surface area contributed by atoms with E-state index >= 15 is 0 Å². The van der Waals surface area contributed by atoms with Gasteiger partial charge in [0.25, 0.3) is 0 Å². The van der Waals surface area contributed by atoms with Crippen molar-refractivity contribution >= 4 is 29.0 Å². The van der Waals surface area contributed by atoms with Crippen molar-refractivity contribution in [2.24, 2.45) is 0 Å². The van der Waals surface area contributed by atoms with Crippen LogP contribution >= 0.6 is 22.9 Å². The molecule has 1 heterocycles. The molecule has 0 aromatic carbocycles. The van der Waals surface area contributed by atoms with Crippen LogP contribution in [0.25, 0.3) is 0 Å². The molecule has 0 radical (unpaired) electrons. The summed E-state index contributed by atoms with van der Waals surface area (Å²) in [6, 6.07) is 0.440. The summed E-state index contributed by atoms with van der Waals surface area (Å²) in [7, 11) is 2.12. The zero-order chi connectivity index (χ0) is 17.4. The second kappa shape index (κ2) is 10.7. The summed E-state index contributed by atoms with van der Waals surface area (Å²) >= 11 is 2.34. The molecule has 1 aliphatic rings. The smallest absolute Gasteiger partial charge is 0.410 e. The van der Waals surface area contributed by atoms with Crippen LogP contribution in [0.1, 0.15) is 53.4 Å². The van der Waals surface area contributed by atoms with E-state index < -0.39 is 0 Å². The molecule has 1 saturated heterocycles. The van der Waals surface area contributed by atoms with E-state index in [1.807, 2.05) is 18.7 Å². The molecule has 6 heteroatoms. The van der Waals surface area contributed by atoms with Crippen molar-refractivity contribution in [2.45, 2.75) is 71.6 Å². The van der Waals surface area contributed by atoms with E-state index in [0.717, 1.165) is 19.6 Å². The minimum absolute atomic E-state index is 0.0541. The molecule has 23 heavy (non-hydrogen) atoms. The van der Waals surface area contributed by atoms with Crippen LogP contribution in [-0.2, 0) is 4.74 Å². The zero-order valence-electron chi connectivity index (χ0n) is 15.4. The molecular weight excluding hydrogens is 405 g/mol. The minimum Gasteiger partial charge on any atom is -0.447 e. The summed E-state index contributed by atoms with van der Waals surface area (Å²) in [6.45, 7) is 12.3. The standard InChI is InChI=1S/C17H34IN3O2/c1-14(2)23-17(22)21-15(3)12-20(13-16(21)4)11-9-7-6-8-10-19(5)18/h14-16H,6-13H2,1-5H3. The second-order valence-electron chi connectivity index (χ2n) is 7.04. The first-order valence-electron chi connectivity index (χ1n) is 8.89.